The van der Waals surface area contributed by atoms with Crippen molar-refractivity contribution in [2.75, 3.05) is 5.32 Å². The number of carbonyl (C=O) groups is 1. The number of anilines is 1. The highest BCUT2D eigenvalue weighted by Gasteiger charge is 2.12. The molecule has 3 heterocycles. The average Bonchev–Trinajstić information content (AvgIpc) is 2.95. The molecule has 0 fully saturated rings. The quantitative estimate of drug-likeness (QED) is 0.607. The number of nitrogens with zero attached hydrogens (tertiary/aromatic N) is 5. The van der Waals surface area contributed by atoms with Gasteiger partial charge in [0.1, 0.15) is 5.69 Å². The Morgan fingerprint density at radius 2 is 1.74 bits per heavy atom. The third-order valence-electron chi connectivity index (χ3n) is 4.57. The standard InChI is InChI=1S/C20H18N6O/c1-12-13(2)25-26(14(12)3)20-21-10-16(11-22-20)23-19(27)18-9-8-15-6-4-5-7-17(15)24-18/h4-11H,1-3H3,(H,23,27). The largest absolute Gasteiger partial charge is 0.318 e. The third-order valence-corrected chi connectivity index (χ3v) is 4.57. The Morgan fingerprint density at radius 3 is 2.44 bits per heavy atom. The second-order valence-corrected chi connectivity index (χ2v) is 6.32. The normalized spacial score (nSPS) is 10.9. The summed E-state index contributed by atoms with van der Waals surface area (Å²) in [5.41, 5.74) is 4.65. The van der Waals surface area contributed by atoms with Crippen LogP contribution in [-0.2, 0) is 0 Å². The zero-order valence-electron chi connectivity index (χ0n) is 15.3. The maximum atomic E-state index is 12.5. The van der Waals surface area contributed by atoms with Gasteiger partial charge in [0.25, 0.3) is 11.9 Å². The van der Waals surface area contributed by atoms with E-state index in [1.165, 1.54) is 0 Å². The lowest BCUT2D eigenvalue weighted by atomic mass is 10.2. The molecule has 0 unspecified atom stereocenters. The molecule has 134 valence electrons. The van der Waals surface area contributed by atoms with E-state index in [1.807, 2.05) is 51.1 Å². The van der Waals surface area contributed by atoms with E-state index in [2.05, 4.69) is 25.4 Å². The number of aryl methyl sites for hydroxylation is 1. The lowest BCUT2D eigenvalue weighted by Crippen LogP contribution is -2.14. The lowest BCUT2D eigenvalue weighted by Gasteiger charge is -2.07. The van der Waals surface area contributed by atoms with Gasteiger partial charge in [0.2, 0.25) is 0 Å². The van der Waals surface area contributed by atoms with Crippen LogP contribution in [0.15, 0.2) is 48.8 Å². The summed E-state index contributed by atoms with van der Waals surface area (Å²) in [6.07, 6.45) is 3.13. The molecule has 4 aromatic rings. The van der Waals surface area contributed by atoms with Gasteiger partial charge < -0.3 is 5.32 Å². The number of amides is 1. The second-order valence-electron chi connectivity index (χ2n) is 6.32. The van der Waals surface area contributed by atoms with E-state index < -0.39 is 0 Å². The predicted molar refractivity (Wildman–Crippen MR) is 103 cm³/mol. The van der Waals surface area contributed by atoms with Gasteiger partial charge in [-0.3, -0.25) is 4.79 Å². The highest BCUT2D eigenvalue weighted by molar-refractivity contribution is 6.03. The van der Waals surface area contributed by atoms with Gasteiger partial charge in [-0.2, -0.15) is 5.10 Å². The van der Waals surface area contributed by atoms with Crippen LogP contribution < -0.4 is 5.32 Å². The fourth-order valence-corrected chi connectivity index (χ4v) is 2.80. The Morgan fingerprint density at radius 1 is 1.00 bits per heavy atom. The number of rotatable bonds is 3. The topological polar surface area (TPSA) is 85.6 Å². The number of para-hydroxylation sites is 1. The minimum Gasteiger partial charge on any atom is -0.318 e. The number of aromatic nitrogens is 5. The monoisotopic (exact) mass is 358 g/mol. The highest BCUT2D eigenvalue weighted by Crippen LogP contribution is 2.16. The van der Waals surface area contributed by atoms with E-state index in [0.717, 1.165) is 27.9 Å². The summed E-state index contributed by atoms with van der Waals surface area (Å²) in [7, 11) is 0. The lowest BCUT2D eigenvalue weighted by molar-refractivity contribution is 0.102. The molecule has 4 rings (SSSR count). The number of fused-ring (bicyclic) bond motifs is 1. The van der Waals surface area contributed by atoms with Crippen LogP contribution in [0.4, 0.5) is 5.69 Å². The van der Waals surface area contributed by atoms with E-state index in [-0.39, 0.29) is 5.91 Å². The van der Waals surface area contributed by atoms with Crippen LogP contribution in [0.2, 0.25) is 0 Å². The number of carbonyl (C=O) groups excluding carboxylic acids is 1. The van der Waals surface area contributed by atoms with Gasteiger partial charge in [-0.05, 0) is 38.5 Å². The second kappa shape index (κ2) is 6.60. The van der Waals surface area contributed by atoms with Crippen molar-refractivity contribution in [2.45, 2.75) is 20.8 Å². The SMILES string of the molecule is Cc1nn(-c2ncc(NC(=O)c3ccc4ccccc4n3)cn2)c(C)c1C. The molecular weight excluding hydrogens is 340 g/mol. The molecule has 0 saturated carbocycles. The molecule has 7 heteroatoms. The molecule has 0 radical (unpaired) electrons. The summed E-state index contributed by atoms with van der Waals surface area (Å²) < 4.78 is 1.70. The van der Waals surface area contributed by atoms with Gasteiger partial charge in [-0.15, -0.1) is 0 Å². The zero-order chi connectivity index (χ0) is 19.0. The summed E-state index contributed by atoms with van der Waals surface area (Å²) in [4.78, 5) is 25.5. The van der Waals surface area contributed by atoms with Gasteiger partial charge in [-0.25, -0.2) is 19.6 Å². The van der Waals surface area contributed by atoms with Crippen LogP contribution in [0, 0.1) is 20.8 Å². The first kappa shape index (κ1) is 16.8. The molecule has 3 aromatic heterocycles. The molecule has 1 aromatic carbocycles. The zero-order valence-corrected chi connectivity index (χ0v) is 15.3. The highest BCUT2D eigenvalue weighted by atomic mass is 16.1. The smallest absolute Gasteiger partial charge is 0.274 e. The number of benzene rings is 1. The molecule has 0 atom stereocenters. The number of nitrogens with one attached hydrogen (secondary N) is 1. The molecular formula is C20H18N6O. The number of hydrogen-bond acceptors (Lipinski definition) is 5. The molecule has 7 nitrogen and oxygen atoms in total. The van der Waals surface area contributed by atoms with Crippen LogP contribution in [0.25, 0.3) is 16.9 Å². The summed E-state index contributed by atoms with van der Waals surface area (Å²) in [5.74, 6) is 0.157. The van der Waals surface area contributed by atoms with Crippen molar-refractivity contribution in [3.8, 4) is 5.95 Å². The first-order valence-electron chi connectivity index (χ1n) is 8.55. The molecule has 1 N–H and O–H groups in total. The minimum atomic E-state index is -0.306. The van der Waals surface area contributed by atoms with E-state index in [1.54, 1.807) is 23.1 Å². The Balaban J connectivity index is 1.55. The van der Waals surface area contributed by atoms with Crippen molar-refractivity contribution in [1.29, 1.82) is 0 Å². The van der Waals surface area contributed by atoms with E-state index in [4.69, 9.17) is 0 Å². The molecule has 1 amide bonds. The maximum Gasteiger partial charge on any atom is 0.274 e. The van der Waals surface area contributed by atoms with Crippen molar-refractivity contribution >= 4 is 22.5 Å². The van der Waals surface area contributed by atoms with Gasteiger partial charge in [-0.1, -0.05) is 24.3 Å². The Bertz CT molecular complexity index is 1150. The van der Waals surface area contributed by atoms with Crippen molar-refractivity contribution in [3.05, 3.63) is 71.4 Å². The van der Waals surface area contributed by atoms with Crippen LogP contribution in [0.3, 0.4) is 0 Å². The molecule has 0 aliphatic rings. The fourth-order valence-electron chi connectivity index (χ4n) is 2.80. The van der Waals surface area contributed by atoms with Crippen molar-refractivity contribution < 1.29 is 4.79 Å². The predicted octanol–water partition coefficient (Wildman–Crippen LogP) is 3.39. The summed E-state index contributed by atoms with van der Waals surface area (Å²) in [6.45, 7) is 5.93. The van der Waals surface area contributed by atoms with E-state index in [0.29, 0.717) is 17.3 Å². The van der Waals surface area contributed by atoms with Gasteiger partial charge in [0, 0.05) is 11.1 Å². The number of hydrogen-bond donors (Lipinski definition) is 1. The maximum absolute atomic E-state index is 12.5. The fraction of sp³-hybridized carbons (Fsp3) is 0.150. The average molecular weight is 358 g/mol. The molecule has 27 heavy (non-hydrogen) atoms. The first-order chi connectivity index (χ1) is 13.0. The summed E-state index contributed by atoms with van der Waals surface area (Å²) in [6, 6.07) is 11.2. The Kier molecular flexibility index (Phi) is 4.12. The third kappa shape index (κ3) is 3.15. The molecule has 0 saturated heterocycles. The summed E-state index contributed by atoms with van der Waals surface area (Å²) in [5, 5.41) is 8.21. The van der Waals surface area contributed by atoms with Crippen LogP contribution in [-0.4, -0.2) is 30.6 Å². The van der Waals surface area contributed by atoms with Gasteiger partial charge in [0.05, 0.1) is 29.3 Å². The van der Waals surface area contributed by atoms with Crippen LogP contribution in [0.5, 0.6) is 0 Å². The Hall–Kier alpha value is -3.61. The van der Waals surface area contributed by atoms with Crippen LogP contribution >= 0.6 is 0 Å². The molecule has 0 aliphatic heterocycles. The Labute approximate surface area is 156 Å². The molecule has 0 bridgehead atoms. The van der Waals surface area contributed by atoms with Gasteiger partial charge >= 0.3 is 0 Å². The van der Waals surface area contributed by atoms with Crippen LogP contribution in [0.1, 0.15) is 27.4 Å². The first-order valence-corrected chi connectivity index (χ1v) is 8.55. The van der Waals surface area contributed by atoms with Crippen molar-refractivity contribution in [2.24, 2.45) is 0 Å². The minimum absolute atomic E-state index is 0.306. The van der Waals surface area contributed by atoms with E-state index in [9.17, 15) is 4.79 Å². The molecule has 0 aliphatic carbocycles. The molecule has 0 spiro atoms. The number of pyridine rings is 1. The summed E-state index contributed by atoms with van der Waals surface area (Å²) >= 11 is 0. The van der Waals surface area contributed by atoms with Crippen molar-refractivity contribution in [3.63, 3.8) is 0 Å². The van der Waals surface area contributed by atoms with Gasteiger partial charge in [0.15, 0.2) is 0 Å². The van der Waals surface area contributed by atoms with E-state index >= 15 is 0 Å². The van der Waals surface area contributed by atoms with Crippen molar-refractivity contribution in [1.82, 2.24) is 24.7 Å².